The van der Waals surface area contributed by atoms with E-state index in [0.29, 0.717) is 6.04 Å². The minimum absolute atomic E-state index is 0.441. The van der Waals surface area contributed by atoms with E-state index < -0.39 is 0 Å². The molecule has 1 aromatic rings. The van der Waals surface area contributed by atoms with E-state index in [1.54, 1.807) is 0 Å². The average Bonchev–Trinajstić information content (AvgIpc) is 2.41. The molecular formula is C17H28N2. The predicted molar refractivity (Wildman–Crippen MR) is 82.2 cm³/mol. The number of nitrogens with two attached hydrogens (primary N) is 1. The van der Waals surface area contributed by atoms with Gasteiger partial charge in [0, 0.05) is 18.6 Å². The Labute approximate surface area is 118 Å². The van der Waals surface area contributed by atoms with Crippen LogP contribution in [0.25, 0.3) is 0 Å². The normalized spacial score (nSPS) is 23.8. The van der Waals surface area contributed by atoms with Gasteiger partial charge in [0.25, 0.3) is 0 Å². The van der Waals surface area contributed by atoms with E-state index in [2.05, 4.69) is 43.9 Å². The van der Waals surface area contributed by atoms with E-state index >= 15 is 0 Å². The summed E-state index contributed by atoms with van der Waals surface area (Å²) >= 11 is 0. The summed E-state index contributed by atoms with van der Waals surface area (Å²) in [7, 11) is 0. The van der Waals surface area contributed by atoms with Crippen LogP contribution in [-0.2, 0) is 6.54 Å². The van der Waals surface area contributed by atoms with Gasteiger partial charge in [-0.05, 0) is 62.8 Å². The zero-order valence-electron chi connectivity index (χ0n) is 12.7. The highest BCUT2D eigenvalue weighted by Gasteiger charge is 2.23. The summed E-state index contributed by atoms with van der Waals surface area (Å²) in [5, 5.41) is 0. The monoisotopic (exact) mass is 260 g/mol. The molecule has 0 aromatic heterocycles. The van der Waals surface area contributed by atoms with Crippen LogP contribution in [-0.4, -0.2) is 23.5 Å². The van der Waals surface area contributed by atoms with Gasteiger partial charge in [-0.2, -0.15) is 0 Å². The third kappa shape index (κ3) is 3.80. The molecule has 1 fully saturated rings. The van der Waals surface area contributed by atoms with Crippen molar-refractivity contribution in [2.45, 2.75) is 65.1 Å². The van der Waals surface area contributed by atoms with Crippen molar-refractivity contribution in [1.29, 1.82) is 0 Å². The number of hydrogen-bond donors (Lipinski definition) is 1. The molecule has 1 aliphatic rings. The lowest BCUT2D eigenvalue weighted by Crippen LogP contribution is -2.40. The van der Waals surface area contributed by atoms with E-state index in [-0.39, 0.29) is 0 Å². The van der Waals surface area contributed by atoms with Gasteiger partial charge in [0.2, 0.25) is 0 Å². The van der Waals surface area contributed by atoms with Crippen molar-refractivity contribution >= 4 is 0 Å². The lowest BCUT2D eigenvalue weighted by atomic mass is 9.90. The van der Waals surface area contributed by atoms with Gasteiger partial charge in [0.05, 0.1) is 0 Å². The Balaban J connectivity index is 2.00. The number of aryl methyl sites for hydroxylation is 2. The van der Waals surface area contributed by atoms with Gasteiger partial charge in [-0.3, -0.25) is 4.90 Å². The predicted octanol–water partition coefficient (Wildman–Crippen LogP) is 3.40. The Morgan fingerprint density at radius 3 is 2.37 bits per heavy atom. The van der Waals surface area contributed by atoms with Crippen molar-refractivity contribution in [3.8, 4) is 0 Å². The van der Waals surface area contributed by atoms with Crippen LogP contribution in [0.3, 0.4) is 0 Å². The highest BCUT2D eigenvalue weighted by molar-refractivity contribution is 5.29. The SMILES string of the molecule is CCN(Cc1ccc(C)c(C)c1)C1CCC(N)CC1. The van der Waals surface area contributed by atoms with Crippen LogP contribution in [0.4, 0.5) is 0 Å². The van der Waals surface area contributed by atoms with Crippen LogP contribution in [0.5, 0.6) is 0 Å². The minimum atomic E-state index is 0.441. The molecule has 0 radical (unpaired) electrons. The molecule has 0 bridgehead atoms. The molecule has 0 spiro atoms. The Kier molecular flexibility index (Phi) is 5.00. The molecule has 1 saturated carbocycles. The number of benzene rings is 1. The second kappa shape index (κ2) is 6.53. The third-order valence-corrected chi connectivity index (χ3v) is 4.62. The molecule has 2 rings (SSSR count). The van der Waals surface area contributed by atoms with Crippen LogP contribution in [0.1, 0.15) is 49.3 Å². The molecule has 1 aromatic carbocycles. The fraction of sp³-hybridized carbons (Fsp3) is 0.647. The van der Waals surface area contributed by atoms with Gasteiger partial charge < -0.3 is 5.73 Å². The maximum Gasteiger partial charge on any atom is 0.0236 e. The fourth-order valence-electron chi connectivity index (χ4n) is 3.10. The molecular weight excluding hydrogens is 232 g/mol. The lowest BCUT2D eigenvalue weighted by Gasteiger charge is -2.35. The summed E-state index contributed by atoms with van der Waals surface area (Å²) in [5.41, 5.74) is 10.2. The highest BCUT2D eigenvalue weighted by atomic mass is 15.1. The summed E-state index contributed by atoms with van der Waals surface area (Å²) in [6, 6.07) is 8.03. The standard InChI is InChI=1S/C17H28N2/c1-4-19(17-9-7-16(18)8-10-17)12-15-6-5-13(2)14(3)11-15/h5-6,11,16-17H,4,7-10,12,18H2,1-3H3. The molecule has 2 heteroatoms. The van der Waals surface area contributed by atoms with Gasteiger partial charge in [0.15, 0.2) is 0 Å². The Morgan fingerprint density at radius 2 is 1.79 bits per heavy atom. The second-order valence-corrected chi connectivity index (χ2v) is 6.05. The molecule has 0 amide bonds. The summed E-state index contributed by atoms with van der Waals surface area (Å²) in [6.45, 7) is 8.87. The van der Waals surface area contributed by atoms with Gasteiger partial charge in [0.1, 0.15) is 0 Å². The Hall–Kier alpha value is -0.860. The molecule has 0 heterocycles. The minimum Gasteiger partial charge on any atom is -0.328 e. The molecule has 2 nitrogen and oxygen atoms in total. The zero-order chi connectivity index (χ0) is 13.8. The molecule has 19 heavy (non-hydrogen) atoms. The van der Waals surface area contributed by atoms with Gasteiger partial charge in [-0.1, -0.05) is 25.1 Å². The van der Waals surface area contributed by atoms with Crippen LogP contribution in [0, 0.1) is 13.8 Å². The molecule has 2 N–H and O–H groups in total. The summed E-state index contributed by atoms with van der Waals surface area (Å²) < 4.78 is 0. The van der Waals surface area contributed by atoms with Gasteiger partial charge >= 0.3 is 0 Å². The van der Waals surface area contributed by atoms with Crippen molar-refractivity contribution in [2.75, 3.05) is 6.54 Å². The number of nitrogens with zero attached hydrogens (tertiary/aromatic N) is 1. The maximum absolute atomic E-state index is 6.01. The van der Waals surface area contributed by atoms with Crippen LogP contribution in [0.2, 0.25) is 0 Å². The van der Waals surface area contributed by atoms with Crippen LogP contribution < -0.4 is 5.73 Å². The molecule has 0 unspecified atom stereocenters. The lowest BCUT2D eigenvalue weighted by molar-refractivity contribution is 0.149. The average molecular weight is 260 g/mol. The smallest absolute Gasteiger partial charge is 0.0236 e. The first-order chi connectivity index (χ1) is 9.10. The summed E-state index contributed by atoms with van der Waals surface area (Å²) in [6.07, 6.45) is 4.90. The first-order valence-corrected chi connectivity index (χ1v) is 7.66. The van der Waals surface area contributed by atoms with E-state index in [4.69, 9.17) is 5.73 Å². The maximum atomic E-state index is 6.01. The third-order valence-electron chi connectivity index (χ3n) is 4.62. The highest BCUT2D eigenvalue weighted by Crippen LogP contribution is 2.24. The Bertz CT molecular complexity index is 406. The van der Waals surface area contributed by atoms with Gasteiger partial charge in [-0.15, -0.1) is 0 Å². The summed E-state index contributed by atoms with van der Waals surface area (Å²) in [4.78, 5) is 2.62. The van der Waals surface area contributed by atoms with Crippen molar-refractivity contribution in [2.24, 2.45) is 5.73 Å². The molecule has 1 aliphatic carbocycles. The van der Waals surface area contributed by atoms with E-state index in [1.165, 1.54) is 42.4 Å². The van der Waals surface area contributed by atoms with E-state index in [0.717, 1.165) is 19.1 Å². The number of hydrogen-bond acceptors (Lipinski definition) is 2. The first kappa shape index (κ1) is 14.5. The van der Waals surface area contributed by atoms with Crippen molar-refractivity contribution in [1.82, 2.24) is 4.90 Å². The van der Waals surface area contributed by atoms with Crippen LogP contribution in [0.15, 0.2) is 18.2 Å². The topological polar surface area (TPSA) is 29.3 Å². The first-order valence-electron chi connectivity index (χ1n) is 7.66. The molecule has 0 aliphatic heterocycles. The molecule has 0 atom stereocenters. The van der Waals surface area contributed by atoms with Gasteiger partial charge in [-0.25, -0.2) is 0 Å². The molecule has 106 valence electrons. The van der Waals surface area contributed by atoms with Crippen molar-refractivity contribution in [3.63, 3.8) is 0 Å². The van der Waals surface area contributed by atoms with Crippen molar-refractivity contribution in [3.05, 3.63) is 34.9 Å². The van der Waals surface area contributed by atoms with Crippen LogP contribution >= 0.6 is 0 Å². The van der Waals surface area contributed by atoms with E-state index in [1.807, 2.05) is 0 Å². The second-order valence-electron chi connectivity index (χ2n) is 6.05. The summed E-state index contributed by atoms with van der Waals surface area (Å²) in [5.74, 6) is 0. The largest absolute Gasteiger partial charge is 0.328 e. The number of rotatable bonds is 4. The zero-order valence-corrected chi connectivity index (χ0v) is 12.7. The van der Waals surface area contributed by atoms with E-state index in [9.17, 15) is 0 Å². The fourth-order valence-corrected chi connectivity index (χ4v) is 3.10. The molecule has 0 saturated heterocycles. The quantitative estimate of drug-likeness (QED) is 0.899. The van der Waals surface area contributed by atoms with Crippen molar-refractivity contribution < 1.29 is 0 Å². The Morgan fingerprint density at radius 1 is 1.11 bits per heavy atom.